The number of hydrogen-bond acceptors (Lipinski definition) is 2. The zero-order chi connectivity index (χ0) is 10.7. The summed E-state index contributed by atoms with van der Waals surface area (Å²) in [7, 11) is 3.63. The molecule has 76 valence electrons. The van der Waals surface area contributed by atoms with Gasteiger partial charge in [0.05, 0.1) is 11.0 Å². The van der Waals surface area contributed by atoms with Crippen LogP contribution in [0.2, 0.25) is 0 Å². The van der Waals surface area contributed by atoms with Crippen LogP contribution < -0.4 is 5.73 Å². The first kappa shape index (κ1) is 11.1. The Hall–Kier alpha value is -1.00. The molecule has 4 heteroatoms. The summed E-state index contributed by atoms with van der Waals surface area (Å²) < 4.78 is 13.4. The molecular weight excluding hydrogens is 199 g/mol. The van der Waals surface area contributed by atoms with Gasteiger partial charge >= 0.3 is 0 Å². The van der Waals surface area contributed by atoms with E-state index in [0.29, 0.717) is 5.56 Å². The van der Waals surface area contributed by atoms with Crippen molar-refractivity contribution in [3.63, 3.8) is 0 Å². The highest BCUT2D eigenvalue weighted by Gasteiger charge is 2.19. The van der Waals surface area contributed by atoms with Gasteiger partial charge in [-0.05, 0) is 20.2 Å². The fourth-order valence-electron chi connectivity index (χ4n) is 1.38. The number of nitrogens with zero attached hydrogens (tertiary/aromatic N) is 1. The second-order valence-electron chi connectivity index (χ2n) is 3.29. The fourth-order valence-corrected chi connectivity index (χ4v) is 1.72. The smallest absolute Gasteiger partial charge is 0.128 e. The van der Waals surface area contributed by atoms with Gasteiger partial charge in [0.25, 0.3) is 0 Å². The molecule has 2 nitrogen and oxygen atoms in total. The van der Waals surface area contributed by atoms with E-state index in [1.165, 1.54) is 6.07 Å². The van der Waals surface area contributed by atoms with E-state index in [1.807, 2.05) is 14.1 Å². The van der Waals surface area contributed by atoms with Crippen molar-refractivity contribution in [1.29, 1.82) is 0 Å². The number of benzene rings is 1. The molecular formula is C10H13FN2S. The summed E-state index contributed by atoms with van der Waals surface area (Å²) in [5, 5.41) is 0. The number of halogens is 1. The molecule has 1 aromatic rings. The van der Waals surface area contributed by atoms with Crippen molar-refractivity contribution in [3.05, 3.63) is 35.6 Å². The highest BCUT2D eigenvalue weighted by Crippen LogP contribution is 2.21. The third-order valence-electron chi connectivity index (χ3n) is 1.99. The van der Waals surface area contributed by atoms with Gasteiger partial charge in [-0.25, -0.2) is 4.39 Å². The minimum atomic E-state index is -0.341. The van der Waals surface area contributed by atoms with E-state index in [1.54, 1.807) is 23.1 Å². The largest absolute Gasteiger partial charge is 0.392 e. The molecule has 0 bridgehead atoms. The maximum Gasteiger partial charge on any atom is 0.128 e. The third kappa shape index (κ3) is 2.27. The minimum absolute atomic E-state index is 0.278. The van der Waals surface area contributed by atoms with Crippen molar-refractivity contribution < 1.29 is 4.39 Å². The van der Waals surface area contributed by atoms with Gasteiger partial charge < -0.3 is 5.73 Å². The summed E-state index contributed by atoms with van der Waals surface area (Å²) in [4.78, 5) is 2.07. The highest BCUT2D eigenvalue weighted by atomic mass is 32.1. The van der Waals surface area contributed by atoms with Crippen molar-refractivity contribution in [3.8, 4) is 0 Å². The van der Waals surface area contributed by atoms with Crippen molar-refractivity contribution in [2.45, 2.75) is 6.04 Å². The Balaban J connectivity index is 3.12. The maximum absolute atomic E-state index is 13.4. The van der Waals surface area contributed by atoms with E-state index >= 15 is 0 Å². The summed E-state index contributed by atoms with van der Waals surface area (Å²) in [6, 6.07) is 6.17. The zero-order valence-corrected chi connectivity index (χ0v) is 9.01. The molecule has 0 aromatic heterocycles. The van der Waals surface area contributed by atoms with Gasteiger partial charge in [0, 0.05) is 5.56 Å². The van der Waals surface area contributed by atoms with Gasteiger partial charge in [0.15, 0.2) is 0 Å². The molecule has 0 saturated carbocycles. The lowest BCUT2D eigenvalue weighted by Gasteiger charge is -2.23. The Labute approximate surface area is 88.5 Å². The normalized spacial score (nSPS) is 12.9. The summed E-state index contributed by atoms with van der Waals surface area (Å²) in [6.07, 6.45) is 0. The molecule has 0 heterocycles. The van der Waals surface area contributed by atoms with Crippen LogP contribution in [0.5, 0.6) is 0 Å². The number of hydrogen-bond donors (Lipinski definition) is 1. The van der Waals surface area contributed by atoms with Crippen LogP contribution in [0.4, 0.5) is 4.39 Å². The van der Waals surface area contributed by atoms with E-state index in [2.05, 4.69) is 0 Å². The fraction of sp³-hybridized carbons (Fsp3) is 0.300. The van der Waals surface area contributed by atoms with Crippen LogP contribution in [0, 0.1) is 5.82 Å². The molecule has 0 amide bonds. The maximum atomic E-state index is 13.4. The molecule has 1 atom stereocenters. The Morgan fingerprint density at radius 2 is 2.00 bits per heavy atom. The lowest BCUT2D eigenvalue weighted by atomic mass is 10.1. The van der Waals surface area contributed by atoms with Crippen molar-refractivity contribution >= 4 is 17.2 Å². The lowest BCUT2D eigenvalue weighted by molar-refractivity contribution is 0.362. The predicted molar refractivity (Wildman–Crippen MR) is 59.6 cm³/mol. The summed E-state index contributed by atoms with van der Waals surface area (Å²) in [6.45, 7) is 0. The van der Waals surface area contributed by atoms with Crippen LogP contribution in [0.3, 0.4) is 0 Å². The molecule has 0 spiro atoms. The molecule has 0 fully saturated rings. The zero-order valence-electron chi connectivity index (χ0n) is 8.20. The second kappa shape index (κ2) is 4.48. The summed E-state index contributed by atoms with van der Waals surface area (Å²) in [5.41, 5.74) is 6.08. The molecule has 0 aliphatic rings. The average molecular weight is 212 g/mol. The Morgan fingerprint density at radius 3 is 2.43 bits per heavy atom. The topological polar surface area (TPSA) is 29.3 Å². The summed E-state index contributed by atoms with van der Waals surface area (Å²) in [5.74, 6) is -0.279. The minimum Gasteiger partial charge on any atom is -0.392 e. The summed E-state index contributed by atoms with van der Waals surface area (Å²) >= 11 is 4.90. The third-order valence-corrected chi connectivity index (χ3v) is 2.21. The SMILES string of the molecule is CN(C)C(C(N)=S)c1ccccc1F. The molecule has 14 heavy (non-hydrogen) atoms. The Bertz CT molecular complexity index is 339. The first-order valence-corrected chi connectivity index (χ1v) is 4.65. The van der Waals surface area contributed by atoms with Gasteiger partial charge in [-0.1, -0.05) is 30.4 Å². The molecule has 0 saturated heterocycles. The van der Waals surface area contributed by atoms with E-state index in [9.17, 15) is 4.39 Å². The first-order valence-electron chi connectivity index (χ1n) is 4.24. The van der Waals surface area contributed by atoms with Crippen LogP contribution in [0.1, 0.15) is 11.6 Å². The molecule has 0 radical (unpaired) electrons. The molecule has 0 aliphatic heterocycles. The number of likely N-dealkylation sites (N-methyl/N-ethyl adjacent to an activating group) is 1. The molecule has 1 rings (SSSR count). The quantitative estimate of drug-likeness (QED) is 0.773. The van der Waals surface area contributed by atoms with Gasteiger partial charge in [0.1, 0.15) is 5.82 Å². The number of thiocarbonyl (C=S) groups is 1. The molecule has 0 aliphatic carbocycles. The second-order valence-corrected chi connectivity index (χ2v) is 3.76. The van der Waals surface area contributed by atoms with E-state index in [0.717, 1.165) is 0 Å². The Kier molecular flexibility index (Phi) is 3.55. The standard InChI is InChI=1S/C10H13FN2S/c1-13(2)9(10(12)14)7-5-3-4-6-8(7)11/h3-6,9H,1-2H3,(H2,12,14). The van der Waals surface area contributed by atoms with Gasteiger partial charge in [-0.2, -0.15) is 0 Å². The first-order chi connectivity index (χ1) is 6.54. The molecule has 1 unspecified atom stereocenters. The van der Waals surface area contributed by atoms with E-state index in [4.69, 9.17) is 18.0 Å². The van der Waals surface area contributed by atoms with Crippen LogP contribution in [-0.4, -0.2) is 24.0 Å². The van der Waals surface area contributed by atoms with Crippen molar-refractivity contribution in [2.75, 3.05) is 14.1 Å². The van der Waals surface area contributed by atoms with Crippen molar-refractivity contribution in [2.24, 2.45) is 5.73 Å². The molecule has 2 N–H and O–H groups in total. The van der Waals surface area contributed by atoms with E-state index in [-0.39, 0.29) is 16.8 Å². The monoisotopic (exact) mass is 212 g/mol. The van der Waals surface area contributed by atoms with Gasteiger partial charge in [-0.3, -0.25) is 4.90 Å². The number of nitrogens with two attached hydrogens (primary N) is 1. The van der Waals surface area contributed by atoms with Gasteiger partial charge in [0.2, 0.25) is 0 Å². The Morgan fingerprint density at radius 1 is 1.43 bits per heavy atom. The van der Waals surface area contributed by atoms with Gasteiger partial charge in [-0.15, -0.1) is 0 Å². The number of rotatable bonds is 3. The van der Waals surface area contributed by atoms with Crippen LogP contribution in [0.15, 0.2) is 24.3 Å². The lowest BCUT2D eigenvalue weighted by Crippen LogP contribution is -2.32. The average Bonchev–Trinajstić information content (AvgIpc) is 2.07. The van der Waals surface area contributed by atoms with Crippen LogP contribution in [0.25, 0.3) is 0 Å². The molecule has 1 aromatic carbocycles. The van der Waals surface area contributed by atoms with E-state index < -0.39 is 0 Å². The highest BCUT2D eigenvalue weighted by molar-refractivity contribution is 7.80. The predicted octanol–water partition coefficient (Wildman–Crippen LogP) is 1.71. The van der Waals surface area contributed by atoms with Crippen LogP contribution in [-0.2, 0) is 0 Å². The van der Waals surface area contributed by atoms with Crippen LogP contribution >= 0.6 is 12.2 Å². The van der Waals surface area contributed by atoms with Crippen molar-refractivity contribution in [1.82, 2.24) is 4.90 Å².